The van der Waals surface area contributed by atoms with Gasteiger partial charge in [0.15, 0.2) is 11.0 Å². The molecule has 2 aliphatic rings. The fourth-order valence-electron chi connectivity index (χ4n) is 2.85. The smallest absolute Gasteiger partial charge is 0.191 e. The Morgan fingerprint density at radius 1 is 1.25 bits per heavy atom. The van der Waals surface area contributed by atoms with E-state index in [0.717, 1.165) is 36.2 Å². The van der Waals surface area contributed by atoms with E-state index < -0.39 is 0 Å². The Balaban J connectivity index is 1.44. The molecule has 1 aliphatic carbocycles. The van der Waals surface area contributed by atoms with E-state index in [1.807, 2.05) is 24.3 Å². The number of ether oxygens (including phenoxy) is 2. The molecule has 5 nitrogen and oxygen atoms in total. The van der Waals surface area contributed by atoms with Crippen LogP contribution in [0.4, 0.5) is 0 Å². The van der Waals surface area contributed by atoms with Crippen molar-refractivity contribution in [2.24, 2.45) is 0 Å². The molecule has 0 amide bonds. The highest BCUT2D eigenvalue weighted by Crippen LogP contribution is 2.39. The summed E-state index contributed by atoms with van der Waals surface area (Å²) in [4.78, 5) is 0. The van der Waals surface area contributed by atoms with E-state index in [4.69, 9.17) is 21.1 Å². The van der Waals surface area contributed by atoms with E-state index in [1.54, 1.807) is 11.8 Å². The van der Waals surface area contributed by atoms with Gasteiger partial charge in [-0.1, -0.05) is 35.5 Å². The zero-order chi connectivity index (χ0) is 16.4. The van der Waals surface area contributed by atoms with Gasteiger partial charge in [-0.15, -0.1) is 10.2 Å². The number of para-hydroxylation sites is 1. The minimum atomic E-state index is 0.349. The normalized spacial score (nSPS) is 20.5. The summed E-state index contributed by atoms with van der Waals surface area (Å²) in [6.45, 7) is 1.27. The second-order valence-electron chi connectivity index (χ2n) is 6.17. The van der Waals surface area contributed by atoms with Crippen LogP contribution in [0.25, 0.3) is 0 Å². The summed E-state index contributed by atoms with van der Waals surface area (Å²) in [6.07, 6.45) is 5.03. The highest BCUT2D eigenvalue weighted by molar-refractivity contribution is 7.99. The SMILES string of the molecule is Clc1ccccc1OCc1nnc(SCC2CCCO2)n1C1CC1. The van der Waals surface area contributed by atoms with Crippen LogP contribution in [0.3, 0.4) is 0 Å². The largest absolute Gasteiger partial charge is 0.484 e. The molecule has 0 bridgehead atoms. The molecule has 2 aromatic rings. The number of hydrogen-bond acceptors (Lipinski definition) is 5. The van der Waals surface area contributed by atoms with Crippen LogP contribution in [0.1, 0.15) is 37.5 Å². The molecule has 2 fully saturated rings. The molecule has 7 heteroatoms. The summed E-state index contributed by atoms with van der Waals surface area (Å²) in [5.74, 6) is 2.49. The molecular formula is C17H20ClN3O2S. The van der Waals surface area contributed by atoms with Crippen LogP contribution in [-0.2, 0) is 11.3 Å². The third-order valence-electron chi connectivity index (χ3n) is 4.26. The van der Waals surface area contributed by atoms with Crippen molar-refractivity contribution in [2.45, 2.75) is 49.6 Å². The van der Waals surface area contributed by atoms with Gasteiger partial charge in [-0.25, -0.2) is 0 Å². The summed E-state index contributed by atoms with van der Waals surface area (Å²) in [6, 6.07) is 8.01. The number of aromatic nitrogens is 3. The third-order valence-corrected chi connectivity index (χ3v) is 5.65. The standard InChI is InChI=1S/C17H20ClN3O2S/c18-14-5-1-2-6-15(14)23-10-16-19-20-17(21(16)12-7-8-12)24-11-13-4-3-9-22-13/h1-2,5-6,12-13H,3-4,7-11H2. The van der Waals surface area contributed by atoms with Gasteiger partial charge in [0.25, 0.3) is 0 Å². The molecule has 1 atom stereocenters. The quantitative estimate of drug-likeness (QED) is 0.691. The Bertz CT molecular complexity index is 699. The summed E-state index contributed by atoms with van der Waals surface area (Å²) < 4.78 is 13.8. The van der Waals surface area contributed by atoms with E-state index in [0.29, 0.717) is 29.5 Å². The lowest BCUT2D eigenvalue weighted by molar-refractivity contribution is 0.129. The van der Waals surface area contributed by atoms with Gasteiger partial charge in [-0.2, -0.15) is 0 Å². The van der Waals surface area contributed by atoms with E-state index >= 15 is 0 Å². The maximum Gasteiger partial charge on any atom is 0.191 e. The predicted molar refractivity (Wildman–Crippen MR) is 93.8 cm³/mol. The van der Waals surface area contributed by atoms with Crippen molar-refractivity contribution in [1.29, 1.82) is 0 Å². The van der Waals surface area contributed by atoms with Crippen LogP contribution in [0, 0.1) is 0 Å². The molecule has 0 spiro atoms. The van der Waals surface area contributed by atoms with E-state index in [9.17, 15) is 0 Å². The third kappa shape index (κ3) is 3.71. The van der Waals surface area contributed by atoms with Crippen molar-refractivity contribution < 1.29 is 9.47 Å². The predicted octanol–water partition coefficient (Wildman–Crippen LogP) is 4.12. The zero-order valence-corrected chi connectivity index (χ0v) is 14.9. The van der Waals surface area contributed by atoms with Crippen LogP contribution >= 0.6 is 23.4 Å². The molecule has 1 saturated carbocycles. The molecule has 128 valence electrons. The van der Waals surface area contributed by atoms with Gasteiger partial charge in [0.05, 0.1) is 11.1 Å². The minimum Gasteiger partial charge on any atom is -0.484 e. The van der Waals surface area contributed by atoms with Gasteiger partial charge in [0.2, 0.25) is 0 Å². The molecule has 1 aromatic heterocycles. The second kappa shape index (κ2) is 7.33. The Morgan fingerprint density at radius 2 is 2.12 bits per heavy atom. The molecule has 24 heavy (non-hydrogen) atoms. The lowest BCUT2D eigenvalue weighted by Crippen LogP contribution is -2.10. The number of rotatable bonds is 7. The number of nitrogens with zero attached hydrogens (tertiary/aromatic N) is 3. The summed E-state index contributed by atoms with van der Waals surface area (Å²) >= 11 is 7.89. The summed E-state index contributed by atoms with van der Waals surface area (Å²) in [7, 11) is 0. The van der Waals surface area contributed by atoms with Crippen LogP contribution in [0.2, 0.25) is 5.02 Å². The Kier molecular flexibility index (Phi) is 4.96. The van der Waals surface area contributed by atoms with Crippen molar-refractivity contribution in [3.63, 3.8) is 0 Å². The molecule has 1 aliphatic heterocycles. The fourth-order valence-corrected chi connectivity index (χ4v) is 4.13. The van der Waals surface area contributed by atoms with Gasteiger partial charge >= 0.3 is 0 Å². The highest BCUT2D eigenvalue weighted by Gasteiger charge is 2.30. The molecule has 1 saturated heterocycles. The first kappa shape index (κ1) is 16.2. The van der Waals surface area contributed by atoms with Crippen LogP contribution < -0.4 is 4.74 Å². The van der Waals surface area contributed by atoms with Crippen molar-refractivity contribution in [3.8, 4) is 5.75 Å². The number of thioether (sulfide) groups is 1. The first-order valence-corrected chi connectivity index (χ1v) is 9.73. The van der Waals surface area contributed by atoms with E-state index in [1.165, 1.54) is 12.8 Å². The molecule has 0 radical (unpaired) electrons. The average molecular weight is 366 g/mol. The van der Waals surface area contributed by atoms with Crippen molar-refractivity contribution in [1.82, 2.24) is 14.8 Å². The first-order valence-electron chi connectivity index (χ1n) is 8.37. The molecule has 1 unspecified atom stereocenters. The topological polar surface area (TPSA) is 49.2 Å². The summed E-state index contributed by atoms with van der Waals surface area (Å²) in [5, 5.41) is 10.3. The van der Waals surface area contributed by atoms with Gasteiger partial charge in [0.1, 0.15) is 12.4 Å². The van der Waals surface area contributed by atoms with Gasteiger partial charge in [0, 0.05) is 18.4 Å². The zero-order valence-electron chi connectivity index (χ0n) is 13.4. The van der Waals surface area contributed by atoms with Gasteiger partial charge in [-0.3, -0.25) is 0 Å². The van der Waals surface area contributed by atoms with Crippen molar-refractivity contribution >= 4 is 23.4 Å². The molecular weight excluding hydrogens is 346 g/mol. The fraction of sp³-hybridized carbons (Fsp3) is 0.529. The Morgan fingerprint density at radius 3 is 2.88 bits per heavy atom. The van der Waals surface area contributed by atoms with Crippen molar-refractivity contribution in [3.05, 3.63) is 35.1 Å². The first-order chi connectivity index (χ1) is 11.8. The molecule has 0 N–H and O–H groups in total. The van der Waals surface area contributed by atoms with Gasteiger partial charge in [-0.05, 0) is 37.8 Å². The average Bonchev–Trinajstić information content (AvgIpc) is 3.14. The maximum atomic E-state index is 6.15. The second-order valence-corrected chi connectivity index (χ2v) is 7.56. The van der Waals surface area contributed by atoms with E-state index in [-0.39, 0.29) is 0 Å². The lowest BCUT2D eigenvalue weighted by atomic mass is 10.3. The van der Waals surface area contributed by atoms with Crippen LogP contribution in [-0.4, -0.2) is 33.2 Å². The molecule has 1 aromatic carbocycles. The molecule has 4 rings (SSSR count). The monoisotopic (exact) mass is 365 g/mol. The Hall–Kier alpha value is -1.24. The highest BCUT2D eigenvalue weighted by atomic mass is 35.5. The van der Waals surface area contributed by atoms with Crippen LogP contribution in [0.5, 0.6) is 5.75 Å². The van der Waals surface area contributed by atoms with Crippen LogP contribution in [0.15, 0.2) is 29.4 Å². The number of hydrogen-bond donors (Lipinski definition) is 0. The maximum absolute atomic E-state index is 6.15. The molecule has 2 heterocycles. The summed E-state index contributed by atoms with van der Waals surface area (Å²) in [5.41, 5.74) is 0. The number of benzene rings is 1. The number of halogens is 1. The van der Waals surface area contributed by atoms with E-state index in [2.05, 4.69) is 14.8 Å². The van der Waals surface area contributed by atoms with Gasteiger partial charge < -0.3 is 14.0 Å². The van der Waals surface area contributed by atoms with Crippen molar-refractivity contribution in [2.75, 3.05) is 12.4 Å². The Labute approximate surface area is 150 Å². The lowest BCUT2D eigenvalue weighted by Gasteiger charge is -2.12. The minimum absolute atomic E-state index is 0.349.